The monoisotopic (exact) mass is 500 g/mol. The minimum absolute atomic E-state index is 0.0235. The van der Waals surface area contributed by atoms with E-state index in [9.17, 15) is 0 Å². The predicted molar refractivity (Wildman–Crippen MR) is 136 cm³/mol. The van der Waals surface area contributed by atoms with E-state index in [2.05, 4.69) is 46.5 Å². The van der Waals surface area contributed by atoms with Crippen LogP contribution in [0, 0.1) is 0 Å². The molecule has 1 atom stereocenters. The number of nitrogens with zero attached hydrogens (tertiary/aromatic N) is 8. The molecule has 12 heteroatoms. The van der Waals surface area contributed by atoms with Crippen LogP contribution in [-0.2, 0) is 4.74 Å². The lowest BCUT2D eigenvalue weighted by Crippen LogP contribution is -2.37. The SMILES string of the molecule is c1cnc(-c2cc([C@@H]3CCCN3c3nc(Nc4cc(C5CC5)[nH]n4)cc(N4CCOCC4)n3)on2)nc1. The standard InChI is InChI=1S/C25H28N10O2/c1-3-19(20-13-18(33-37-20)24-26-6-2-7-27-24)35(8-1)25-29-21(15-23(30-25)34-9-11-36-12-10-34)28-22-14-17(31-32-22)16-4-5-16/h2,6-7,13-16,19H,1,3-5,8-12H2,(H2,28,29,30,31,32)/t19-/m0/s1. The number of hydrogen-bond acceptors (Lipinski definition) is 11. The molecular formula is C25H28N10O2. The fraction of sp³-hybridized carbons (Fsp3) is 0.440. The Labute approximate surface area is 213 Å². The highest BCUT2D eigenvalue weighted by molar-refractivity contribution is 5.61. The van der Waals surface area contributed by atoms with Crippen LogP contribution in [0.15, 0.2) is 41.2 Å². The number of nitrogens with one attached hydrogen (secondary N) is 2. The fourth-order valence-electron chi connectivity index (χ4n) is 4.99. The minimum Gasteiger partial charge on any atom is -0.378 e. The molecule has 1 saturated carbocycles. The Hall–Kier alpha value is -4.06. The van der Waals surface area contributed by atoms with Gasteiger partial charge in [-0.15, -0.1) is 0 Å². The van der Waals surface area contributed by atoms with Gasteiger partial charge in [0.2, 0.25) is 5.95 Å². The molecule has 2 saturated heterocycles. The Morgan fingerprint density at radius 1 is 0.946 bits per heavy atom. The lowest BCUT2D eigenvalue weighted by molar-refractivity contribution is 0.122. The van der Waals surface area contributed by atoms with Gasteiger partial charge in [0, 0.05) is 61.8 Å². The zero-order valence-electron chi connectivity index (χ0n) is 20.4. The summed E-state index contributed by atoms with van der Waals surface area (Å²) in [5.41, 5.74) is 1.80. The third-order valence-corrected chi connectivity index (χ3v) is 7.07. The number of aromatic amines is 1. The van der Waals surface area contributed by atoms with E-state index >= 15 is 0 Å². The van der Waals surface area contributed by atoms with Crippen LogP contribution in [0.25, 0.3) is 11.5 Å². The van der Waals surface area contributed by atoms with Gasteiger partial charge in [-0.3, -0.25) is 5.10 Å². The van der Waals surface area contributed by atoms with E-state index < -0.39 is 0 Å². The van der Waals surface area contributed by atoms with Crippen LogP contribution in [0.5, 0.6) is 0 Å². The van der Waals surface area contributed by atoms with Crippen LogP contribution in [-0.4, -0.2) is 68.1 Å². The maximum Gasteiger partial charge on any atom is 0.229 e. The molecule has 0 radical (unpaired) electrons. The second kappa shape index (κ2) is 9.43. The van der Waals surface area contributed by atoms with Crippen LogP contribution in [0.4, 0.5) is 23.4 Å². The van der Waals surface area contributed by atoms with Gasteiger partial charge in [-0.1, -0.05) is 5.16 Å². The molecular weight excluding hydrogens is 472 g/mol. The Kier molecular flexibility index (Phi) is 5.65. The van der Waals surface area contributed by atoms with Gasteiger partial charge in [-0.05, 0) is 31.7 Å². The van der Waals surface area contributed by atoms with Crippen molar-refractivity contribution in [3.63, 3.8) is 0 Å². The molecule has 12 nitrogen and oxygen atoms in total. The van der Waals surface area contributed by atoms with Crippen LogP contribution >= 0.6 is 0 Å². The summed E-state index contributed by atoms with van der Waals surface area (Å²) in [6, 6.07) is 7.75. The molecule has 190 valence electrons. The Bertz CT molecular complexity index is 1360. The summed E-state index contributed by atoms with van der Waals surface area (Å²) in [5, 5.41) is 15.2. The summed E-state index contributed by atoms with van der Waals surface area (Å²) >= 11 is 0. The number of hydrogen-bond donors (Lipinski definition) is 2. The van der Waals surface area contributed by atoms with Crippen molar-refractivity contribution in [3.8, 4) is 11.5 Å². The normalized spacial score (nSPS) is 19.9. The summed E-state index contributed by atoms with van der Waals surface area (Å²) in [6.45, 7) is 3.76. The summed E-state index contributed by atoms with van der Waals surface area (Å²) in [7, 11) is 0. The molecule has 3 aliphatic rings. The van der Waals surface area contributed by atoms with Crippen molar-refractivity contribution in [1.82, 2.24) is 35.3 Å². The van der Waals surface area contributed by atoms with Crippen molar-refractivity contribution in [2.45, 2.75) is 37.6 Å². The van der Waals surface area contributed by atoms with Crippen molar-refractivity contribution >= 4 is 23.4 Å². The Balaban J connectivity index is 1.20. The third kappa shape index (κ3) is 4.59. The molecule has 1 aliphatic carbocycles. The lowest BCUT2D eigenvalue weighted by atomic mass is 10.1. The fourth-order valence-corrected chi connectivity index (χ4v) is 4.99. The molecule has 0 bridgehead atoms. The largest absolute Gasteiger partial charge is 0.378 e. The van der Waals surface area contributed by atoms with Gasteiger partial charge in [0.15, 0.2) is 23.1 Å². The van der Waals surface area contributed by atoms with Crippen molar-refractivity contribution < 1.29 is 9.26 Å². The van der Waals surface area contributed by atoms with Crippen molar-refractivity contribution in [2.75, 3.05) is 48.0 Å². The zero-order valence-corrected chi connectivity index (χ0v) is 20.4. The first kappa shape index (κ1) is 22.2. The summed E-state index contributed by atoms with van der Waals surface area (Å²) in [6.07, 6.45) is 7.76. The molecule has 0 amide bonds. The molecule has 4 aromatic heterocycles. The van der Waals surface area contributed by atoms with Crippen LogP contribution in [0.2, 0.25) is 0 Å². The number of anilines is 4. The Morgan fingerprint density at radius 3 is 2.65 bits per heavy atom. The van der Waals surface area contributed by atoms with Crippen molar-refractivity contribution in [3.05, 3.63) is 48.1 Å². The summed E-state index contributed by atoms with van der Waals surface area (Å²) in [4.78, 5) is 22.9. The van der Waals surface area contributed by atoms with Gasteiger partial charge in [-0.25, -0.2) is 9.97 Å². The van der Waals surface area contributed by atoms with Gasteiger partial charge in [0.25, 0.3) is 0 Å². The van der Waals surface area contributed by atoms with E-state index in [0.717, 1.165) is 49.9 Å². The third-order valence-electron chi connectivity index (χ3n) is 7.07. The predicted octanol–water partition coefficient (Wildman–Crippen LogP) is 3.44. The average Bonchev–Trinajstić information content (AvgIpc) is 3.32. The molecule has 0 spiro atoms. The van der Waals surface area contributed by atoms with Crippen LogP contribution in [0.1, 0.15) is 49.1 Å². The highest BCUT2D eigenvalue weighted by atomic mass is 16.5. The van der Waals surface area contributed by atoms with Gasteiger partial charge in [-0.2, -0.15) is 15.1 Å². The van der Waals surface area contributed by atoms with E-state index in [1.165, 1.54) is 18.5 Å². The lowest BCUT2D eigenvalue weighted by Gasteiger charge is -2.30. The maximum atomic E-state index is 5.77. The number of rotatable bonds is 7. The molecule has 37 heavy (non-hydrogen) atoms. The topological polar surface area (TPSA) is 134 Å². The second-order valence-corrected chi connectivity index (χ2v) is 9.66. The smallest absolute Gasteiger partial charge is 0.229 e. The van der Waals surface area contributed by atoms with E-state index in [0.29, 0.717) is 42.4 Å². The van der Waals surface area contributed by atoms with E-state index in [1.807, 2.05) is 12.1 Å². The molecule has 0 aromatic carbocycles. The maximum absolute atomic E-state index is 5.77. The van der Waals surface area contributed by atoms with Gasteiger partial charge in [0.1, 0.15) is 11.6 Å². The molecule has 2 N–H and O–H groups in total. The summed E-state index contributed by atoms with van der Waals surface area (Å²) < 4.78 is 11.3. The zero-order chi connectivity index (χ0) is 24.6. The molecule has 3 fully saturated rings. The average molecular weight is 501 g/mol. The van der Waals surface area contributed by atoms with Gasteiger partial charge < -0.3 is 24.4 Å². The first-order valence-electron chi connectivity index (χ1n) is 12.8. The summed E-state index contributed by atoms with van der Waals surface area (Å²) in [5.74, 6) is 4.91. The first-order valence-corrected chi connectivity index (χ1v) is 12.8. The van der Waals surface area contributed by atoms with E-state index in [1.54, 1.807) is 18.5 Å². The van der Waals surface area contributed by atoms with Gasteiger partial charge >= 0.3 is 0 Å². The molecule has 2 aliphatic heterocycles. The molecule has 0 unspecified atom stereocenters. The number of ether oxygens (including phenoxy) is 1. The number of morpholine rings is 1. The first-order chi connectivity index (χ1) is 18.3. The second-order valence-electron chi connectivity index (χ2n) is 9.66. The van der Waals surface area contributed by atoms with Crippen molar-refractivity contribution in [2.24, 2.45) is 0 Å². The van der Waals surface area contributed by atoms with E-state index in [4.69, 9.17) is 19.2 Å². The van der Waals surface area contributed by atoms with Gasteiger partial charge in [0.05, 0.1) is 19.3 Å². The highest BCUT2D eigenvalue weighted by Crippen LogP contribution is 2.40. The van der Waals surface area contributed by atoms with E-state index in [-0.39, 0.29) is 6.04 Å². The quantitative estimate of drug-likeness (QED) is 0.386. The number of aromatic nitrogens is 7. The minimum atomic E-state index is -0.0235. The molecule has 7 rings (SSSR count). The highest BCUT2D eigenvalue weighted by Gasteiger charge is 2.33. The number of H-pyrrole nitrogens is 1. The van der Waals surface area contributed by atoms with Crippen molar-refractivity contribution in [1.29, 1.82) is 0 Å². The molecule has 6 heterocycles. The molecule has 4 aromatic rings. The van der Waals surface area contributed by atoms with Crippen LogP contribution in [0.3, 0.4) is 0 Å². The Morgan fingerprint density at radius 2 is 1.81 bits per heavy atom. The van der Waals surface area contributed by atoms with Crippen LogP contribution < -0.4 is 15.1 Å².